The lowest BCUT2D eigenvalue weighted by atomic mass is 10.3. The van der Waals surface area contributed by atoms with Crippen LogP contribution in [0.1, 0.15) is 12.7 Å². The Balaban J connectivity index is 1.97. The molecule has 0 unspecified atom stereocenters. The molecule has 2 aromatic rings. The number of sulfonamides is 1. The maximum atomic E-state index is 12.4. The SMILES string of the molecule is CCN1C(=O)/C(=C\c2ccco2)SC1=NS(=O)(=O)c1ccccc1. The van der Waals surface area contributed by atoms with Crippen molar-refractivity contribution in [1.82, 2.24) is 4.90 Å². The van der Waals surface area contributed by atoms with Crippen LogP contribution in [-0.4, -0.2) is 30.9 Å². The molecule has 0 saturated carbocycles. The summed E-state index contributed by atoms with van der Waals surface area (Å²) < 4.78 is 33.9. The predicted molar refractivity (Wildman–Crippen MR) is 92.7 cm³/mol. The van der Waals surface area contributed by atoms with Crippen LogP contribution in [0.2, 0.25) is 0 Å². The Labute approximate surface area is 143 Å². The zero-order valence-corrected chi connectivity index (χ0v) is 14.4. The molecule has 1 amide bonds. The summed E-state index contributed by atoms with van der Waals surface area (Å²) in [5, 5.41) is 0.143. The highest BCUT2D eigenvalue weighted by Crippen LogP contribution is 2.33. The Morgan fingerprint density at radius 3 is 2.58 bits per heavy atom. The highest BCUT2D eigenvalue weighted by molar-refractivity contribution is 8.19. The summed E-state index contributed by atoms with van der Waals surface area (Å²) in [6.45, 7) is 2.09. The monoisotopic (exact) mass is 362 g/mol. The number of hydrogen-bond acceptors (Lipinski definition) is 5. The van der Waals surface area contributed by atoms with Gasteiger partial charge >= 0.3 is 0 Å². The first kappa shape index (κ1) is 16.5. The lowest BCUT2D eigenvalue weighted by Crippen LogP contribution is -2.29. The van der Waals surface area contributed by atoms with Crippen molar-refractivity contribution in [3.05, 3.63) is 59.4 Å². The number of benzene rings is 1. The van der Waals surface area contributed by atoms with Crippen LogP contribution < -0.4 is 0 Å². The third-order valence-corrected chi connectivity index (χ3v) is 5.66. The van der Waals surface area contributed by atoms with Gasteiger partial charge in [-0.3, -0.25) is 9.69 Å². The minimum Gasteiger partial charge on any atom is -0.465 e. The average Bonchev–Trinajstić information content (AvgIpc) is 3.17. The molecule has 1 saturated heterocycles. The van der Waals surface area contributed by atoms with E-state index in [0.29, 0.717) is 17.2 Å². The van der Waals surface area contributed by atoms with Crippen molar-refractivity contribution < 1.29 is 17.6 Å². The quantitative estimate of drug-likeness (QED) is 0.781. The third-order valence-electron chi connectivity index (χ3n) is 3.26. The second-order valence-corrected chi connectivity index (χ2v) is 7.45. The minimum atomic E-state index is -3.87. The Bertz CT molecular complexity index is 901. The largest absolute Gasteiger partial charge is 0.465 e. The number of amides is 1. The van der Waals surface area contributed by atoms with Gasteiger partial charge in [0.15, 0.2) is 5.17 Å². The fraction of sp³-hybridized carbons (Fsp3) is 0.125. The van der Waals surface area contributed by atoms with Gasteiger partial charge in [0.2, 0.25) is 0 Å². The molecule has 0 aliphatic carbocycles. The molecular weight excluding hydrogens is 348 g/mol. The first-order chi connectivity index (χ1) is 11.5. The zero-order chi connectivity index (χ0) is 17.2. The Hall–Kier alpha value is -2.32. The van der Waals surface area contributed by atoms with Gasteiger partial charge < -0.3 is 4.42 Å². The highest BCUT2D eigenvalue weighted by Gasteiger charge is 2.34. The maximum Gasteiger partial charge on any atom is 0.284 e. The number of furan rings is 1. The lowest BCUT2D eigenvalue weighted by Gasteiger charge is -2.11. The average molecular weight is 362 g/mol. The van der Waals surface area contributed by atoms with Gasteiger partial charge in [-0.25, -0.2) is 0 Å². The van der Waals surface area contributed by atoms with Gasteiger partial charge in [-0.1, -0.05) is 18.2 Å². The number of carbonyl (C=O) groups is 1. The summed E-state index contributed by atoms with van der Waals surface area (Å²) in [6.07, 6.45) is 3.08. The lowest BCUT2D eigenvalue weighted by molar-refractivity contribution is -0.122. The minimum absolute atomic E-state index is 0.0880. The molecule has 1 aromatic heterocycles. The van der Waals surface area contributed by atoms with Crippen LogP contribution in [0, 0.1) is 0 Å². The molecule has 1 aliphatic heterocycles. The second-order valence-electron chi connectivity index (χ2n) is 4.84. The summed E-state index contributed by atoms with van der Waals surface area (Å²) in [5.41, 5.74) is 0. The molecule has 1 aromatic carbocycles. The van der Waals surface area contributed by atoms with Crippen molar-refractivity contribution in [3.63, 3.8) is 0 Å². The zero-order valence-electron chi connectivity index (χ0n) is 12.7. The third kappa shape index (κ3) is 3.29. The van der Waals surface area contributed by atoms with E-state index in [4.69, 9.17) is 4.42 Å². The molecule has 2 heterocycles. The van der Waals surface area contributed by atoms with E-state index in [1.54, 1.807) is 43.3 Å². The second kappa shape index (κ2) is 6.66. The molecule has 3 rings (SSSR count). The Kier molecular flexibility index (Phi) is 4.59. The molecule has 0 N–H and O–H groups in total. The number of thioether (sulfide) groups is 1. The predicted octanol–water partition coefficient (Wildman–Crippen LogP) is 2.96. The van der Waals surface area contributed by atoms with E-state index in [0.717, 1.165) is 11.8 Å². The fourth-order valence-electron chi connectivity index (χ4n) is 2.11. The number of carbonyl (C=O) groups excluding carboxylic acids is 1. The topological polar surface area (TPSA) is 80.0 Å². The molecule has 124 valence electrons. The van der Waals surface area contributed by atoms with Gasteiger partial charge in [0.05, 0.1) is 16.1 Å². The molecule has 0 spiro atoms. The fourth-order valence-corrected chi connectivity index (χ4v) is 4.35. The molecule has 1 aliphatic rings. The smallest absolute Gasteiger partial charge is 0.284 e. The molecular formula is C16H14N2O4S2. The van der Waals surface area contributed by atoms with Gasteiger partial charge in [0.25, 0.3) is 15.9 Å². The molecule has 24 heavy (non-hydrogen) atoms. The van der Waals surface area contributed by atoms with Crippen molar-refractivity contribution in [3.8, 4) is 0 Å². The van der Waals surface area contributed by atoms with Gasteiger partial charge in [-0.2, -0.15) is 8.42 Å². The summed E-state index contributed by atoms with van der Waals surface area (Å²) >= 11 is 1.02. The molecule has 0 atom stereocenters. The van der Waals surface area contributed by atoms with E-state index in [1.807, 2.05) is 0 Å². The number of rotatable bonds is 4. The summed E-state index contributed by atoms with van der Waals surface area (Å²) in [4.78, 5) is 14.2. The molecule has 0 radical (unpaired) electrons. The molecule has 1 fully saturated rings. The van der Waals surface area contributed by atoms with Crippen LogP contribution in [0.4, 0.5) is 0 Å². The van der Waals surface area contributed by atoms with Gasteiger partial charge in [0.1, 0.15) is 5.76 Å². The Morgan fingerprint density at radius 1 is 1.21 bits per heavy atom. The molecule has 0 bridgehead atoms. The molecule has 6 nitrogen and oxygen atoms in total. The summed E-state index contributed by atoms with van der Waals surface area (Å²) in [5.74, 6) is 0.231. The van der Waals surface area contributed by atoms with Crippen molar-refractivity contribution in [2.45, 2.75) is 11.8 Å². The normalized spacial score (nSPS) is 18.7. The van der Waals surface area contributed by atoms with Crippen molar-refractivity contribution >= 4 is 38.9 Å². The first-order valence-electron chi connectivity index (χ1n) is 7.16. The maximum absolute atomic E-state index is 12.4. The summed E-state index contributed by atoms with van der Waals surface area (Å²) in [7, 11) is -3.87. The number of amidine groups is 1. The van der Waals surface area contributed by atoms with Gasteiger partial charge in [-0.05, 0) is 43.0 Å². The number of likely N-dealkylation sites (N-methyl/N-ethyl adjacent to an activating group) is 1. The van der Waals surface area contributed by atoms with Crippen LogP contribution in [0.15, 0.2) is 67.3 Å². The van der Waals surface area contributed by atoms with Gasteiger partial charge in [-0.15, -0.1) is 4.40 Å². The Morgan fingerprint density at radius 2 is 1.96 bits per heavy atom. The van der Waals surface area contributed by atoms with Crippen molar-refractivity contribution in [2.75, 3.05) is 6.54 Å². The summed E-state index contributed by atoms with van der Waals surface area (Å²) in [6, 6.07) is 11.3. The van der Waals surface area contributed by atoms with Crippen LogP contribution in [-0.2, 0) is 14.8 Å². The number of hydrogen-bond donors (Lipinski definition) is 0. The van der Waals surface area contributed by atoms with E-state index in [9.17, 15) is 13.2 Å². The highest BCUT2D eigenvalue weighted by atomic mass is 32.2. The number of nitrogens with zero attached hydrogens (tertiary/aromatic N) is 2. The first-order valence-corrected chi connectivity index (χ1v) is 9.42. The standard InChI is InChI=1S/C16H14N2O4S2/c1-2-18-15(19)14(11-12-7-6-10-22-12)23-16(18)17-24(20,21)13-8-4-3-5-9-13/h3-11H,2H2,1H3/b14-11+,17-16?. The van der Waals surface area contributed by atoms with Crippen molar-refractivity contribution in [2.24, 2.45) is 4.40 Å². The van der Waals surface area contributed by atoms with Crippen LogP contribution in [0.25, 0.3) is 6.08 Å². The van der Waals surface area contributed by atoms with Crippen LogP contribution >= 0.6 is 11.8 Å². The van der Waals surface area contributed by atoms with Gasteiger partial charge in [0, 0.05) is 12.6 Å². The van der Waals surface area contributed by atoms with E-state index in [1.165, 1.54) is 23.3 Å². The van der Waals surface area contributed by atoms with E-state index in [-0.39, 0.29) is 16.0 Å². The van der Waals surface area contributed by atoms with E-state index >= 15 is 0 Å². The van der Waals surface area contributed by atoms with E-state index in [2.05, 4.69) is 4.40 Å². The molecule has 8 heteroatoms. The van der Waals surface area contributed by atoms with E-state index < -0.39 is 10.0 Å². The van der Waals surface area contributed by atoms with Crippen molar-refractivity contribution in [1.29, 1.82) is 0 Å². The van der Waals surface area contributed by atoms with Crippen LogP contribution in [0.5, 0.6) is 0 Å². The van der Waals surface area contributed by atoms with Crippen LogP contribution in [0.3, 0.4) is 0 Å².